The molecular weight excluding hydrogens is 366 g/mol. The molecule has 0 unspecified atom stereocenters. The lowest BCUT2D eigenvalue weighted by molar-refractivity contribution is 0.262. The van der Waals surface area contributed by atoms with Gasteiger partial charge in [0.2, 0.25) is 5.55 Å². The third kappa shape index (κ3) is 3.58. The second-order valence-corrected chi connectivity index (χ2v) is 6.33. The van der Waals surface area contributed by atoms with Crippen molar-refractivity contribution < 1.29 is 9.21 Å². The number of nitrogens with one attached hydrogen (secondary N) is 2. The zero-order chi connectivity index (χ0) is 18.8. The standard InChI is InChI=1S/C19H16ClN5O2/c20-12-2-1-3-14(10-12)24-19(26)23-13-4-6-15(7-5-13)25-11-22-18-16(17(25)21)8-9-27-18/h1-10H,11,21H2,(H2,23,24,26). The van der Waals surface area contributed by atoms with Crippen molar-refractivity contribution in [3.8, 4) is 0 Å². The van der Waals surface area contributed by atoms with Gasteiger partial charge in [0.1, 0.15) is 12.5 Å². The second kappa shape index (κ2) is 7.05. The number of urea groups is 1. The number of halogens is 1. The molecule has 1 aliphatic rings. The average Bonchev–Trinajstić information content (AvgIpc) is 3.13. The Hall–Kier alpha value is -3.45. The average molecular weight is 382 g/mol. The number of amides is 2. The van der Waals surface area contributed by atoms with Gasteiger partial charge in [0.15, 0.2) is 0 Å². The number of carbonyl (C=O) groups is 1. The van der Waals surface area contributed by atoms with Gasteiger partial charge in [-0.2, -0.15) is 0 Å². The molecule has 1 aliphatic heterocycles. The lowest BCUT2D eigenvalue weighted by Crippen LogP contribution is -2.42. The monoisotopic (exact) mass is 381 g/mol. The summed E-state index contributed by atoms with van der Waals surface area (Å²) in [4.78, 5) is 18.3. The van der Waals surface area contributed by atoms with E-state index in [9.17, 15) is 4.79 Å². The molecule has 0 saturated heterocycles. The van der Waals surface area contributed by atoms with Crippen molar-refractivity contribution in [3.05, 3.63) is 76.7 Å². The number of rotatable bonds is 3. The van der Waals surface area contributed by atoms with Crippen LogP contribution < -0.4 is 32.0 Å². The number of hydrogen-bond acceptors (Lipinski definition) is 5. The third-order valence-corrected chi connectivity index (χ3v) is 4.32. The van der Waals surface area contributed by atoms with Crippen LogP contribution in [0.1, 0.15) is 0 Å². The maximum Gasteiger partial charge on any atom is 0.323 e. The van der Waals surface area contributed by atoms with Crippen molar-refractivity contribution in [2.45, 2.75) is 0 Å². The van der Waals surface area contributed by atoms with Crippen LogP contribution in [0.25, 0.3) is 5.82 Å². The maximum absolute atomic E-state index is 12.1. The Balaban J connectivity index is 1.46. The van der Waals surface area contributed by atoms with Crippen molar-refractivity contribution >= 4 is 40.5 Å². The molecule has 0 fully saturated rings. The quantitative estimate of drug-likeness (QED) is 0.650. The summed E-state index contributed by atoms with van der Waals surface area (Å²) in [5, 5.41) is 6.83. The lowest BCUT2D eigenvalue weighted by atomic mass is 10.2. The number of hydrogen-bond donors (Lipinski definition) is 3. The maximum atomic E-state index is 12.1. The number of anilines is 3. The fourth-order valence-corrected chi connectivity index (χ4v) is 2.97. The van der Waals surface area contributed by atoms with Crippen LogP contribution in [-0.4, -0.2) is 12.7 Å². The molecule has 0 aliphatic carbocycles. The first-order chi connectivity index (χ1) is 13.1. The minimum absolute atomic E-state index is 0.355. The van der Waals surface area contributed by atoms with E-state index in [0.717, 1.165) is 10.9 Å². The summed E-state index contributed by atoms with van der Waals surface area (Å²) >= 11 is 5.91. The van der Waals surface area contributed by atoms with Gasteiger partial charge in [-0.05, 0) is 48.5 Å². The highest BCUT2D eigenvalue weighted by atomic mass is 35.5. The molecule has 136 valence electrons. The van der Waals surface area contributed by atoms with E-state index < -0.39 is 0 Å². The van der Waals surface area contributed by atoms with Crippen LogP contribution in [0.2, 0.25) is 5.02 Å². The van der Waals surface area contributed by atoms with Crippen molar-refractivity contribution in [3.63, 3.8) is 0 Å². The van der Waals surface area contributed by atoms with Gasteiger partial charge in [-0.3, -0.25) is 0 Å². The molecule has 27 heavy (non-hydrogen) atoms. The van der Waals surface area contributed by atoms with Crippen molar-refractivity contribution in [1.29, 1.82) is 0 Å². The Kier molecular flexibility index (Phi) is 4.43. The van der Waals surface area contributed by atoms with Crippen LogP contribution in [0.5, 0.6) is 0 Å². The molecule has 0 spiro atoms. The van der Waals surface area contributed by atoms with Crippen LogP contribution in [0.4, 0.5) is 21.9 Å². The first-order valence-electron chi connectivity index (χ1n) is 8.19. The van der Waals surface area contributed by atoms with Gasteiger partial charge in [-0.25, -0.2) is 9.79 Å². The summed E-state index contributed by atoms with van der Waals surface area (Å²) in [5.74, 6) is 0.577. The Morgan fingerprint density at radius 1 is 1.11 bits per heavy atom. The minimum atomic E-state index is -0.355. The predicted molar refractivity (Wildman–Crippen MR) is 105 cm³/mol. The second-order valence-electron chi connectivity index (χ2n) is 5.89. The van der Waals surface area contributed by atoms with Crippen LogP contribution in [-0.2, 0) is 0 Å². The van der Waals surface area contributed by atoms with Gasteiger partial charge in [0.25, 0.3) is 0 Å². The van der Waals surface area contributed by atoms with E-state index in [1.165, 1.54) is 0 Å². The molecule has 7 nitrogen and oxygen atoms in total. The molecule has 2 amide bonds. The number of benzene rings is 2. The van der Waals surface area contributed by atoms with Gasteiger partial charge in [-0.1, -0.05) is 17.7 Å². The Labute approximate surface area is 159 Å². The zero-order valence-electron chi connectivity index (χ0n) is 14.1. The van der Waals surface area contributed by atoms with Crippen molar-refractivity contribution in [2.75, 3.05) is 22.2 Å². The fraction of sp³-hybridized carbons (Fsp3) is 0.0526. The van der Waals surface area contributed by atoms with Gasteiger partial charge in [0.05, 0.1) is 11.5 Å². The van der Waals surface area contributed by atoms with E-state index >= 15 is 0 Å². The highest BCUT2D eigenvalue weighted by Gasteiger charge is 2.15. The molecule has 4 N–H and O–H groups in total. The van der Waals surface area contributed by atoms with E-state index in [2.05, 4.69) is 15.6 Å². The summed E-state index contributed by atoms with van der Waals surface area (Å²) in [6.07, 6.45) is 1.57. The third-order valence-electron chi connectivity index (χ3n) is 4.09. The molecule has 4 rings (SSSR count). The largest absolute Gasteiger partial charge is 0.446 e. The van der Waals surface area contributed by atoms with Gasteiger partial charge in [0, 0.05) is 22.1 Å². The van der Waals surface area contributed by atoms with Gasteiger partial charge in [-0.15, -0.1) is 0 Å². The molecule has 0 saturated carbocycles. The summed E-state index contributed by atoms with van der Waals surface area (Å²) < 4.78 is 5.27. The molecule has 0 radical (unpaired) electrons. The predicted octanol–water partition coefficient (Wildman–Crippen LogP) is 2.70. The Morgan fingerprint density at radius 3 is 2.67 bits per heavy atom. The summed E-state index contributed by atoms with van der Waals surface area (Å²) in [6.45, 7) is 0.369. The summed E-state index contributed by atoms with van der Waals surface area (Å²) in [5.41, 5.74) is 8.89. The molecule has 8 heteroatoms. The van der Waals surface area contributed by atoms with E-state index in [1.807, 2.05) is 17.0 Å². The molecule has 2 heterocycles. The van der Waals surface area contributed by atoms with Crippen molar-refractivity contribution in [1.82, 2.24) is 0 Å². The molecule has 1 aromatic heterocycles. The van der Waals surface area contributed by atoms with Crippen LogP contribution in [0.3, 0.4) is 0 Å². The fourth-order valence-electron chi connectivity index (χ4n) is 2.78. The highest BCUT2D eigenvalue weighted by Crippen LogP contribution is 2.21. The molecule has 2 aromatic carbocycles. The number of carbonyl (C=O) groups excluding carboxylic acids is 1. The summed E-state index contributed by atoms with van der Waals surface area (Å²) in [6, 6.07) is 15.7. The van der Waals surface area contributed by atoms with Gasteiger partial charge < -0.3 is 25.7 Å². The van der Waals surface area contributed by atoms with E-state index in [0.29, 0.717) is 34.4 Å². The number of fused-ring (bicyclic) bond motifs is 1. The number of nitrogens with zero attached hydrogens (tertiary/aromatic N) is 2. The Bertz CT molecular complexity index is 1110. The zero-order valence-corrected chi connectivity index (χ0v) is 14.9. The number of nitrogens with two attached hydrogens (primary N) is 1. The van der Waals surface area contributed by atoms with Gasteiger partial charge >= 0.3 is 6.03 Å². The smallest absolute Gasteiger partial charge is 0.323 e. The van der Waals surface area contributed by atoms with Crippen LogP contribution >= 0.6 is 11.6 Å². The number of furan rings is 1. The van der Waals surface area contributed by atoms with E-state index in [1.54, 1.807) is 48.7 Å². The van der Waals surface area contributed by atoms with Crippen LogP contribution in [0.15, 0.2) is 70.3 Å². The first kappa shape index (κ1) is 17.0. The molecular formula is C19H16ClN5O2. The molecule has 0 bridgehead atoms. The van der Waals surface area contributed by atoms with Crippen LogP contribution in [0, 0.1) is 0 Å². The lowest BCUT2D eigenvalue weighted by Gasteiger charge is -2.24. The van der Waals surface area contributed by atoms with E-state index in [4.69, 9.17) is 21.8 Å². The first-order valence-corrected chi connectivity index (χ1v) is 8.57. The van der Waals surface area contributed by atoms with E-state index in [-0.39, 0.29) is 6.03 Å². The molecule has 0 atom stereocenters. The normalized spacial score (nSPS) is 12.9. The minimum Gasteiger partial charge on any atom is -0.446 e. The molecule has 3 aromatic rings. The van der Waals surface area contributed by atoms with Crippen molar-refractivity contribution in [2.24, 2.45) is 10.7 Å². The Morgan fingerprint density at radius 2 is 1.89 bits per heavy atom. The topological polar surface area (TPSA) is 95.9 Å². The highest BCUT2D eigenvalue weighted by molar-refractivity contribution is 6.30. The SMILES string of the molecule is NC1=c2ccoc2=NCN1c1ccc(NC(=O)Nc2cccc(Cl)c2)cc1. The summed E-state index contributed by atoms with van der Waals surface area (Å²) in [7, 11) is 0.